The zero-order valence-corrected chi connectivity index (χ0v) is 44.7. The van der Waals surface area contributed by atoms with Crippen molar-refractivity contribution >= 4 is 11.9 Å². The number of hydrogen-bond acceptors (Lipinski definition) is 10. The summed E-state index contributed by atoms with van der Waals surface area (Å²) in [5.74, 6) is -0.242. The molecule has 7 unspecified atom stereocenters. The molecule has 0 aliphatic carbocycles. The number of esters is 1. The average molecular weight is 991 g/mol. The maximum Gasteiger partial charge on any atom is 0.305 e. The molecule has 0 bridgehead atoms. The molecular weight excluding hydrogens is 883 g/mol. The van der Waals surface area contributed by atoms with Gasteiger partial charge in [-0.05, 0) is 83.5 Å². The molecule has 11 heteroatoms. The summed E-state index contributed by atoms with van der Waals surface area (Å²) in [4.78, 5) is 25.0. The number of carbonyl (C=O) groups is 2. The van der Waals surface area contributed by atoms with Crippen molar-refractivity contribution < 1.29 is 49.3 Å². The Morgan fingerprint density at radius 2 is 0.971 bits per heavy atom. The van der Waals surface area contributed by atoms with Crippen LogP contribution in [-0.4, -0.2) is 100 Å². The van der Waals surface area contributed by atoms with Gasteiger partial charge in [0.15, 0.2) is 6.29 Å². The second kappa shape index (κ2) is 48.9. The lowest BCUT2D eigenvalue weighted by Gasteiger charge is -2.40. The number of hydrogen-bond donors (Lipinski definition) is 6. The molecule has 0 aromatic carbocycles. The Hall–Kier alpha value is -2.38. The maximum atomic E-state index is 13.0. The lowest BCUT2D eigenvalue weighted by Crippen LogP contribution is -2.60. The van der Waals surface area contributed by atoms with E-state index in [1.165, 1.54) is 128 Å². The molecule has 408 valence electrons. The van der Waals surface area contributed by atoms with Crippen molar-refractivity contribution in [2.75, 3.05) is 19.8 Å². The van der Waals surface area contributed by atoms with Crippen molar-refractivity contribution in [3.63, 3.8) is 0 Å². The van der Waals surface area contributed by atoms with E-state index in [2.05, 4.69) is 55.6 Å². The predicted octanol–water partition coefficient (Wildman–Crippen LogP) is 12.9. The molecule has 1 amide bonds. The zero-order chi connectivity index (χ0) is 51.0. The minimum atomic E-state index is -1.58. The van der Waals surface area contributed by atoms with E-state index in [9.17, 15) is 35.1 Å². The second-order valence-corrected chi connectivity index (χ2v) is 20.0. The van der Waals surface area contributed by atoms with Gasteiger partial charge >= 0.3 is 5.97 Å². The highest BCUT2D eigenvalue weighted by Gasteiger charge is 2.44. The number of carbonyl (C=O) groups excluding carboxylic acids is 2. The van der Waals surface area contributed by atoms with Gasteiger partial charge in [-0.1, -0.05) is 204 Å². The highest BCUT2D eigenvalue weighted by Crippen LogP contribution is 2.23. The van der Waals surface area contributed by atoms with Crippen LogP contribution in [-0.2, 0) is 23.8 Å². The Balaban J connectivity index is 2.18. The molecule has 1 aliphatic rings. The second-order valence-electron chi connectivity index (χ2n) is 20.0. The normalized spacial score (nSPS) is 19.6. The van der Waals surface area contributed by atoms with Gasteiger partial charge in [-0.25, -0.2) is 0 Å². The van der Waals surface area contributed by atoms with Crippen LogP contribution < -0.4 is 5.32 Å². The fourth-order valence-corrected chi connectivity index (χ4v) is 8.77. The Morgan fingerprint density at radius 1 is 0.529 bits per heavy atom. The van der Waals surface area contributed by atoms with E-state index in [1.807, 2.05) is 6.08 Å². The molecule has 0 spiro atoms. The molecule has 1 aliphatic heterocycles. The molecule has 0 aromatic heterocycles. The topological polar surface area (TPSA) is 175 Å². The van der Waals surface area contributed by atoms with E-state index < -0.39 is 49.5 Å². The number of nitrogens with one attached hydrogen (secondary N) is 1. The number of aliphatic hydroxyl groups is 5. The molecule has 0 radical (unpaired) electrons. The Bertz CT molecular complexity index is 1300. The molecule has 7 atom stereocenters. The summed E-state index contributed by atoms with van der Waals surface area (Å²) in [7, 11) is 0. The summed E-state index contributed by atoms with van der Waals surface area (Å²) >= 11 is 0. The van der Waals surface area contributed by atoms with Crippen LogP contribution in [0.2, 0.25) is 0 Å². The lowest BCUT2D eigenvalue weighted by molar-refractivity contribution is -0.302. The predicted molar refractivity (Wildman–Crippen MR) is 287 cm³/mol. The number of aliphatic hydroxyl groups excluding tert-OH is 5. The van der Waals surface area contributed by atoms with Crippen LogP contribution in [0.15, 0.2) is 48.6 Å². The number of rotatable bonds is 49. The van der Waals surface area contributed by atoms with Gasteiger partial charge in [0.2, 0.25) is 5.91 Å². The van der Waals surface area contributed by atoms with Gasteiger partial charge in [-0.2, -0.15) is 0 Å². The molecule has 0 saturated carbocycles. The summed E-state index contributed by atoms with van der Waals surface area (Å²) in [5.41, 5.74) is 0. The van der Waals surface area contributed by atoms with Crippen molar-refractivity contribution in [1.29, 1.82) is 0 Å². The molecule has 11 nitrogen and oxygen atoms in total. The lowest BCUT2D eigenvalue weighted by atomic mass is 9.99. The van der Waals surface area contributed by atoms with E-state index in [0.29, 0.717) is 19.4 Å². The number of unbranched alkanes of at least 4 members (excludes halogenated alkanes) is 29. The van der Waals surface area contributed by atoms with Gasteiger partial charge in [-0.3, -0.25) is 9.59 Å². The first kappa shape index (κ1) is 65.6. The quantitative estimate of drug-likeness (QED) is 0.0196. The minimum Gasteiger partial charge on any atom is -0.466 e. The van der Waals surface area contributed by atoms with E-state index in [0.717, 1.165) is 96.3 Å². The molecule has 70 heavy (non-hydrogen) atoms. The van der Waals surface area contributed by atoms with Crippen LogP contribution in [0.3, 0.4) is 0 Å². The van der Waals surface area contributed by atoms with Crippen molar-refractivity contribution in [2.24, 2.45) is 0 Å². The Morgan fingerprint density at radius 3 is 1.50 bits per heavy atom. The third kappa shape index (κ3) is 38.3. The van der Waals surface area contributed by atoms with Gasteiger partial charge in [0.05, 0.1) is 32.0 Å². The smallest absolute Gasteiger partial charge is 0.305 e. The van der Waals surface area contributed by atoms with Crippen molar-refractivity contribution in [3.05, 3.63) is 48.6 Å². The van der Waals surface area contributed by atoms with Crippen LogP contribution in [0.5, 0.6) is 0 Å². The first-order valence-corrected chi connectivity index (χ1v) is 28.9. The molecule has 0 aromatic rings. The van der Waals surface area contributed by atoms with E-state index in [4.69, 9.17) is 14.2 Å². The van der Waals surface area contributed by atoms with Crippen LogP contribution in [0.25, 0.3) is 0 Å². The Labute approximate surface area is 427 Å². The highest BCUT2D eigenvalue weighted by molar-refractivity contribution is 5.76. The fourth-order valence-electron chi connectivity index (χ4n) is 8.77. The molecular formula is C59H107NO10. The summed E-state index contributed by atoms with van der Waals surface area (Å²) in [6, 6.07) is -0.840. The monoisotopic (exact) mass is 990 g/mol. The van der Waals surface area contributed by atoms with Gasteiger partial charge < -0.3 is 45.1 Å². The van der Waals surface area contributed by atoms with Gasteiger partial charge in [-0.15, -0.1) is 0 Å². The van der Waals surface area contributed by atoms with Crippen LogP contribution >= 0.6 is 0 Å². The molecule has 1 saturated heterocycles. The largest absolute Gasteiger partial charge is 0.466 e. The zero-order valence-electron chi connectivity index (χ0n) is 44.7. The maximum absolute atomic E-state index is 13.0. The summed E-state index contributed by atoms with van der Waals surface area (Å²) < 4.78 is 16.7. The standard InChI is InChI=1S/C59H107NO10/c1-3-5-7-9-11-13-15-16-22-26-29-33-37-41-45-52(62)51(50-69-59-58(67)57(66)56(65)53(49-61)70-59)60-54(63)46-42-38-34-30-27-23-20-18-17-19-21-24-28-32-36-40-44-48-68-55(64)47-43-39-35-31-25-14-12-10-8-6-4-2/h17,19,24,26,28-29,41,45,51-53,56-59,61-62,65-67H,3-16,18,20-23,25,27,30-40,42-44,46-50H2,1-2H3,(H,60,63)/b19-17-,28-24-,29-26+,45-41+. The van der Waals surface area contributed by atoms with Gasteiger partial charge in [0.1, 0.15) is 24.4 Å². The van der Waals surface area contributed by atoms with E-state index in [-0.39, 0.29) is 18.5 Å². The highest BCUT2D eigenvalue weighted by atomic mass is 16.7. The van der Waals surface area contributed by atoms with Gasteiger partial charge in [0.25, 0.3) is 0 Å². The third-order valence-electron chi connectivity index (χ3n) is 13.4. The van der Waals surface area contributed by atoms with Gasteiger partial charge in [0, 0.05) is 12.8 Å². The summed E-state index contributed by atoms with van der Waals surface area (Å²) in [6.45, 7) is 4.26. The average Bonchev–Trinajstić information content (AvgIpc) is 3.36. The van der Waals surface area contributed by atoms with Crippen LogP contribution in [0.1, 0.15) is 251 Å². The first-order valence-electron chi connectivity index (χ1n) is 28.9. The number of amides is 1. The molecule has 1 fully saturated rings. The van der Waals surface area contributed by atoms with Crippen molar-refractivity contribution in [1.82, 2.24) is 5.32 Å². The van der Waals surface area contributed by atoms with Crippen LogP contribution in [0.4, 0.5) is 0 Å². The summed E-state index contributed by atoms with van der Waals surface area (Å²) in [6.07, 6.45) is 50.5. The number of allylic oxidation sites excluding steroid dienone is 7. The first-order chi connectivity index (χ1) is 34.2. The van der Waals surface area contributed by atoms with Crippen LogP contribution in [0, 0.1) is 0 Å². The fraction of sp³-hybridized carbons (Fsp3) is 0.831. The molecule has 1 heterocycles. The summed E-state index contributed by atoms with van der Waals surface area (Å²) in [5, 5.41) is 54.3. The van der Waals surface area contributed by atoms with E-state index >= 15 is 0 Å². The number of ether oxygens (including phenoxy) is 3. The van der Waals surface area contributed by atoms with Crippen molar-refractivity contribution in [3.8, 4) is 0 Å². The van der Waals surface area contributed by atoms with E-state index in [1.54, 1.807) is 6.08 Å². The third-order valence-corrected chi connectivity index (χ3v) is 13.4. The minimum absolute atomic E-state index is 0.0338. The molecule has 1 rings (SSSR count). The van der Waals surface area contributed by atoms with Crippen molar-refractivity contribution in [2.45, 2.75) is 294 Å². The molecule has 6 N–H and O–H groups in total. The Kier molecular flexibility index (Phi) is 45.8. The SMILES string of the molecule is CCCCCCCCCC/C=C/CC/C=C/C(O)C(COC1OC(CO)C(O)C(O)C1O)NC(=O)CCCCCCCCC/C=C\C/C=C\CCCCCOC(=O)CCCCCCCCCCCCC.